The molecule has 0 aliphatic heterocycles. The molecule has 0 spiro atoms. The van der Waals surface area contributed by atoms with E-state index in [9.17, 15) is 0 Å². The van der Waals surface area contributed by atoms with Crippen molar-refractivity contribution in [3.63, 3.8) is 0 Å². The number of thiazole rings is 1. The lowest BCUT2D eigenvalue weighted by atomic mass is 10.4. The van der Waals surface area contributed by atoms with Crippen LogP contribution in [0.5, 0.6) is 0 Å². The third-order valence-corrected chi connectivity index (χ3v) is 3.99. The molecule has 120 valence electrons. The highest BCUT2D eigenvalue weighted by Crippen LogP contribution is 2.11. The molecule has 2 N–H and O–H groups in total. The van der Waals surface area contributed by atoms with Crippen molar-refractivity contribution in [2.45, 2.75) is 40.7 Å². The van der Waals surface area contributed by atoms with Gasteiger partial charge in [0.1, 0.15) is 5.01 Å². The van der Waals surface area contributed by atoms with E-state index in [2.05, 4.69) is 53.2 Å². The first kappa shape index (κ1) is 17.9. The Hall–Kier alpha value is -1.14. The van der Waals surface area contributed by atoms with Crippen LogP contribution >= 0.6 is 11.3 Å². The number of aromatic nitrogens is 1. The lowest BCUT2D eigenvalue weighted by Crippen LogP contribution is -2.41. The van der Waals surface area contributed by atoms with Gasteiger partial charge >= 0.3 is 0 Å². The number of nitrogens with zero attached hydrogens (tertiary/aromatic N) is 3. The zero-order valence-electron chi connectivity index (χ0n) is 13.8. The lowest BCUT2D eigenvalue weighted by Gasteiger charge is -2.20. The predicted octanol–water partition coefficient (Wildman–Crippen LogP) is 2.24. The van der Waals surface area contributed by atoms with Gasteiger partial charge in [-0.2, -0.15) is 0 Å². The summed E-state index contributed by atoms with van der Waals surface area (Å²) in [6.07, 6.45) is 3.10. The molecule has 1 rings (SSSR count). The molecule has 1 aromatic rings. The molecule has 0 aliphatic rings. The van der Waals surface area contributed by atoms with Crippen LogP contribution in [0.25, 0.3) is 0 Å². The molecule has 0 bridgehead atoms. The van der Waals surface area contributed by atoms with Crippen LogP contribution in [0.15, 0.2) is 11.2 Å². The minimum Gasteiger partial charge on any atom is -0.357 e. The summed E-state index contributed by atoms with van der Waals surface area (Å²) in [6, 6.07) is 0. The standard InChI is InChI=1S/C15H29N5S/c1-5-9-20(7-3)10-8-17-15(16-6-2)19-12-14-18-11-13(4)21-14/h11H,5-10,12H2,1-4H3,(H2,16,17,19). The first-order valence-corrected chi connectivity index (χ1v) is 8.67. The zero-order valence-corrected chi connectivity index (χ0v) is 14.6. The molecule has 0 aliphatic carbocycles. The fourth-order valence-electron chi connectivity index (χ4n) is 2.04. The van der Waals surface area contributed by atoms with E-state index in [0.29, 0.717) is 6.54 Å². The topological polar surface area (TPSA) is 52.5 Å². The van der Waals surface area contributed by atoms with Gasteiger partial charge in [-0.3, -0.25) is 0 Å². The van der Waals surface area contributed by atoms with E-state index in [4.69, 9.17) is 0 Å². The molecule has 5 nitrogen and oxygen atoms in total. The van der Waals surface area contributed by atoms with Crippen molar-refractivity contribution in [1.29, 1.82) is 0 Å². The average molecular weight is 311 g/mol. The Morgan fingerprint density at radius 1 is 1.29 bits per heavy atom. The molecule has 0 amide bonds. The van der Waals surface area contributed by atoms with Crippen LogP contribution in [0.2, 0.25) is 0 Å². The van der Waals surface area contributed by atoms with Crippen molar-refractivity contribution in [2.24, 2.45) is 4.99 Å². The number of nitrogens with one attached hydrogen (secondary N) is 2. The van der Waals surface area contributed by atoms with Crippen LogP contribution < -0.4 is 10.6 Å². The zero-order chi connectivity index (χ0) is 15.5. The van der Waals surface area contributed by atoms with Crippen molar-refractivity contribution in [3.05, 3.63) is 16.1 Å². The summed E-state index contributed by atoms with van der Waals surface area (Å²) in [5.74, 6) is 0.873. The van der Waals surface area contributed by atoms with Crippen molar-refractivity contribution >= 4 is 17.3 Å². The average Bonchev–Trinajstić information content (AvgIpc) is 2.89. The second kappa shape index (κ2) is 10.6. The molecule has 0 radical (unpaired) electrons. The van der Waals surface area contributed by atoms with Crippen LogP contribution in [-0.2, 0) is 6.54 Å². The molecule has 6 heteroatoms. The summed E-state index contributed by atoms with van der Waals surface area (Å²) in [4.78, 5) is 12.6. The largest absolute Gasteiger partial charge is 0.357 e. The molecule has 0 fully saturated rings. The van der Waals surface area contributed by atoms with Gasteiger partial charge in [0, 0.05) is 30.7 Å². The molecule has 1 aromatic heterocycles. The van der Waals surface area contributed by atoms with Crippen LogP contribution in [0.4, 0.5) is 0 Å². The van der Waals surface area contributed by atoms with E-state index in [-0.39, 0.29) is 0 Å². The SMILES string of the molecule is CCCN(CC)CCNC(=NCc1ncc(C)s1)NCC. The molecule has 0 saturated heterocycles. The number of hydrogen-bond acceptors (Lipinski definition) is 4. The van der Waals surface area contributed by atoms with E-state index in [0.717, 1.165) is 43.7 Å². The molecular formula is C15H29N5S. The highest BCUT2D eigenvalue weighted by Gasteiger charge is 2.03. The fourth-order valence-corrected chi connectivity index (χ4v) is 2.75. The van der Waals surface area contributed by atoms with Gasteiger partial charge in [-0.05, 0) is 33.4 Å². The Morgan fingerprint density at radius 3 is 2.67 bits per heavy atom. The Kier molecular flexibility index (Phi) is 9.01. The fraction of sp³-hybridized carbons (Fsp3) is 0.733. The van der Waals surface area contributed by atoms with Gasteiger partial charge in [-0.1, -0.05) is 13.8 Å². The summed E-state index contributed by atoms with van der Waals surface area (Å²) in [5.41, 5.74) is 0. The van der Waals surface area contributed by atoms with Gasteiger partial charge < -0.3 is 15.5 Å². The highest BCUT2D eigenvalue weighted by atomic mass is 32.1. The Balaban J connectivity index is 2.41. The van der Waals surface area contributed by atoms with E-state index < -0.39 is 0 Å². The number of guanidine groups is 1. The van der Waals surface area contributed by atoms with E-state index in [1.165, 1.54) is 11.3 Å². The van der Waals surface area contributed by atoms with E-state index in [1.54, 1.807) is 11.3 Å². The first-order chi connectivity index (χ1) is 10.2. The number of aliphatic imine (C=N–C) groups is 1. The molecular weight excluding hydrogens is 282 g/mol. The lowest BCUT2D eigenvalue weighted by molar-refractivity contribution is 0.293. The van der Waals surface area contributed by atoms with Gasteiger partial charge in [0.2, 0.25) is 0 Å². The monoisotopic (exact) mass is 311 g/mol. The van der Waals surface area contributed by atoms with Crippen molar-refractivity contribution in [2.75, 3.05) is 32.7 Å². The number of rotatable bonds is 9. The second-order valence-electron chi connectivity index (χ2n) is 4.92. The van der Waals surface area contributed by atoms with E-state index >= 15 is 0 Å². The molecule has 0 atom stereocenters. The minimum atomic E-state index is 0.639. The normalized spacial score (nSPS) is 12.0. The Bertz CT molecular complexity index is 416. The predicted molar refractivity (Wildman–Crippen MR) is 92.1 cm³/mol. The smallest absolute Gasteiger partial charge is 0.191 e. The van der Waals surface area contributed by atoms with Crippen LogP contribution in [-0.4, -0.2) is 48.6 Å². The van der Waals surface area contributed by atoms with Crippen LogP contribution in [0, 0.1) is 6.92 Å². The maximum absolute atomic E-state index is 4.59. The maximum atomic E-state index is 4.59. The number of likely N-dealkylation sites (N-methyl/N-ethyl adjacent to an activating group) is 1. The summed E-state index contributed by atoms with van der Waals surface area (Å²) < 4.78 is 0. The molecule has 0 unspecified atom stereocenters. The van der Waals surface area contributed by atoms with Gasteiger partial charge in [0.25, 0.3) is 0 Å². The summed E-state index contributed by atoms with van der Waals surface area (Å²) in [5, 5.41) is 7.74. The summed E-state index contributed by atoms with van der Waals surface area (Å²) in [6.45, 7) is 14.3. The number of hydrogen-bond donors (Lipinski definition) is 2. The highest BCUT2D eigenvalue weighted by molar-refractivity contribution is 7.11. The van der Waals surface area contributed by atoms with Crippen LogP contribution in [0.1, 0.15) is 37.1 Å². The maximum Gasteiger partial charge on any atom is 0.191 e. The summed E-state index contributed by atoms with van der Waals surface area (Å²) in [7, 11) is 0. The van der Waals surface area contributed by atoms with Crippen molar-refractivity contribution in [1.82, 2.24) is 20.5 Å². The molecule has 1 heterocycles. The second-order valence-corrected chi connectivity index (χ2v) is 6.24. The van der Waals surface area contributed by atoms with Gasteiger partial charge in [-0.25, -0.2) is 9.98 Å². The third kappa shape index (κ3) is 7.43. The molecule has 21 heavy (non-hydrogen) atoms. The molecule has 0 saturated carbocycles. The third-order valence-electron chi connectivity index (χ3n) is 3.09. The Morgan fingerprint density at radius 2 is 2.10 bits per heavy atom. The minimum absolute atomic E-state index is 0.639. The van der Waals surface area contributed by atoms with Gasteiger partial charge in [0.15, 0.2) is 5.96 Å². The van der Waals surface area contributed by atoms with Gasteiger partial charge in [0.05, 0.1) is 6.54 Å². The first-order valence-electron chi connectivity index (χ1n) is 7.85. The van der Waals surface area contributed by atoms with Gasteiger partial charge in [-0.15, -0.1) is 11.3 Å². The number of aryl methyl sites for hydroxylation is 1. The summed E-state index contributed by atoms with van der Waals surface area (Å²) >= 11 is 1.70. The molecule has 0 aromatic carbocycles. The van der Waals surface area contributed by atoms with E-state index in [1.807, 2.05) is 6.20 Å². The van der Waals surface area contributed by atoms with Crippen LogP contribution in [0.3, 0.4) is 0 Å². The van der Waals surface area contributed by atoms with Crippen molar-refractivity contribution < 1.29 is 0 Å². The Labute approximate surface area is 132 Å². The van der Waals surface area contributed by atoms with Crippen molar-refractivity contribution in [3.8, 4) is 0 Å². The quantitative estimate of drug-likeness (QED) is 0.542.